The van der Waals surface area contributed by atoms with E-state index >= 15 is 0 Å². The van der Waals surface area contributed by atoms with E-state index in [2.05, 4.69) is 15.4 Å². The number of hydrogen-bond donors (Lipinski definition) is 2. The van der Waals surface area contributed by atoms with Gasteiger partial charge in [0.2, 0.25) is 5.91 Å². The van der Waals surface area contributed by atoms with Crippen LogP contribution in [0.3, 0.4) is 0 Å². The van der Waals surface area contributed by atoms with Crippen molar-refractivity contribution in [3.8, 4) is 0 Å². The maximum atomic E-state index is 12.2. The SMILES string of the molecule is CC(N)C(=O)N1CCn2nc(C(=O)NCc3ccccn3)cc2C1. The van der Waals surface area contributed by atoms with Gasteiger partial charge in [-0.15, -0.1) is 0 Å². The normalized spacial score (nSPS) is 14.8. The summed E-state index contributed by atoms with van der Waals surface area (Å²) in [6.45, 7) is 3.54. The molecule has 0 aromatic carbocycles. The Labute approximate surface area is 139 Å². The first-order chi connectivity index (χ1) is 11.5. The van der Waals surface area contributed by atoms with Gasteiger partial charge in [0.15, 0.2) is 5.69 Å². The standard InChI is InChI=1S/C16H20N6O2/c1-11(17)16(24)21-6-7-22-13(10-21)8-14(20-22)15(23)19-9-12-4-2-3-5-18-12/h2-5,8,11H,6-7,9-10,17H2,1H3,(H,19,23). The van der Waals surface area contributed by atoms with Crippen LogP contribution in [0.4, 0.5) is 0 Å². The average molecular weight is 328 g/mol. The third kappa shape index (κ3) is 3.43. The molecule has 0 fully saturated rings. The van der Waals surface area contributed by atoms with Crippen molar-refractivity contribution in [3.05, 3.63) is 47.5 Å². The van der Waals surface area contributed by atoms with Crippen molar-refractivity contribution in [3.63, 3.8) is 0 Å². The lowest BCUT2D eigenvalue weighted by molar-refractivity contribution is -0.133. The van der Waals surface area contributed by atoms with Gasteiger partial charge in [0.05, 0.1) is 37.1 Å². The Morgan fingerprint density at radius 2 is 2.21 bits per heavy atom. The maximum absolute atomic E-state index is 12.2. The quantitative estimate of drug-likeness (QED) is 0.815. The van der Waals surface area contributed by atoms with Gasteiger partial charge in [0.25, 0.3) is 5.91 Å². The van der Waals surface area contributed by atoms with E-state index in [1.165, 1.54) is 0 Å². The molecular weight excluding hydrogens is 308 g/mol. The highest BCUT2D eigenvalue weighted by Gasteiger charge is 2.25. The van der Waals surface area contributed by atoms with Crippen LogP contribution >= 0.6 is 0 Å². The van der Waals surface area contributed by atoms with Gasteiger partial charge in [-0.05, 0) is 25.1 Å². The van der Waals surface area contributed by atoms with E-state index in [0.717, 1.165) is 11.4 Å². The number of rotatable bonds is 4. The molecule has 0 aliphatic carbocycles. The Bertz CT molecular complexity index is 740. The lowest BCUT2D eigenvalue weighted by Crippen LogP contribution is -2.45. The molecule has 2 aromatic rings. The first-order valence-corrected chi connectivity index (χ1v) is 7.84. The first-order valence-electron chi connectivity index (χ1n) is 7.84. The number of pyridine rings is 1. The predicted molar refractivity (Wildman–Crippen MR) is 86.7 cm³/mol. The Balaban J connectivity index is 1.65. The zero-order valence-electron chi connectivity index (χ0n) is 13.5. The highest BCUT2D eigenvalue weighted by molar-refractivity contribution is 5.92. The second-order valence-corrected chi connectivity index (χ2v) is 5.80. The van der Waals surface area contributed by atoms with Crippen molar-refractivity contribution in [2.75, 3.05) is 6.54 Å². The Hall–Kier alpha value is -2.74. The van der Waals surface area contributed by atoms with Gasteiger partial charge in [0.1, 0.15) is 0 Å². The molecule has 0 saturated heterocycles. The van der Waals surface area contributed by atoms with E-state index in [-0.39, 0.29) is 11.8 Å². The molecule has 8 heteroatoms. The van der Waals surface area contributed by atoms with Gasteiger partial charge in [-0.2, -0.15) is 5.10 Å². The Morgan fingerprint density at radius 3 is 2.92 bits per heavy atom. The molecule has 24 heavy (non-hydrogen) atoms. The number of nitrogens with one attached hydrogen (secondary N) is 1. The van der Waals surface area contributed by atoms with E-state index < -0.39 is 6.04 Å². The van der Waals surface area contributed by atoms with Crippen molar-refractivity contribution in [1.29, 1.82) is 0 Å². The van der Waals surface area contributed by atoms with Gasteiger partial charge in [0, 0.05) is 12.7 Å². The van der Waals surface area contributed by atoms with E-state index in [9.17, 15) is 9.59 Å². The highest BCUT2D eigenvalue weighted by Crippen LogP contribution is 2.14. The Morgan fingerprint density at radius 1 is 1.38 bits per heavy atom. The van der Waals surface area contributed by atoms with E-state index in [0.29, 0.717) is 31.9 Å². The van der Waals surface area contributed by atoms with Crippen LogP contribution in [-0.4, -0.2) is 44.1 Å². The van der Waals surface area contributed by atoms with Gasteiger partial charge in [-0.25, -0.2) is 0 Å². The molecule has 126 valence electrons. The maximum Gasteiger partial charge on any atom is 0.272 e. The second kappa shape index (κ2) is 6.79. The minimum atomic E-state index is -0.527. The summed E-state index contributed by atoms with van der Waals surface area (Å²) in [6, 6.07) is 6.72. The molecule has 0 radical (unpaired) electrons. The Kier molecular flexibility index (Phi) is 4.57. The average Bonchev–Trinajstić information content (AvgIpc) is 3.03. The zero-order valence-corrected chi connectivity index (χ0v) is 13.5. The zero-order chi connectivity index (χ0) is 17.1. The number of hydrogen-bond acceptors (Lipinski definition) is 5. The largest absolute Gasteiger partial charge is 0.345 e. The third-order valence-electron chi connectivity index (χ3n) is 3.89. The molecule has 0 bridgehead atoms. The monoisotopic (exact) mass is 328 g/mol. The van der Waals surface area contributed by atoms with Crippen molar-refractivity contribution < 1.29 is 9.59 Å². The summed E-state index contributed by atoms with van der Waals surface area (Å²) in [5.41, 5.74) is 7.61. The summed E-state index contributed by atoms with van der Waals surface area (Å²) in [5, 5.41) is 7.12. The summed E-state index contributed by atoms with van der Waals surface area (Å²) in [4.78, 5) is 30.1. The fraction of sp³-hybridized carbons (Fsp3) is 0.375. The highest BCUT2D eigenvalue weighted by atomic mass is 16.2. The molecule has 0 spiro atoms. The van der Waals surface area contributed by atoms with E-state index in [4.69, 9.17) is 5.73 Å². The topological polar surface area (TPSA) is 106 Å². The van der Waals surface area contributed by atoms with Gasteiger partial charge < -0.3 is 16.0 Å². The minimum Gasteiger partial charge on any atom is -0.345 e. The van der Waals surface area contributed by atoms with E-state index in [1.54, 1.807) is 28.8 Å². The lowest BCUT2D eigenvalue weighted by atomic mass is 10.2. The summed E-state index contributed by atoms with van der Waals surface area (Å²) in [5.74, 6) is -0.351. The first kappa shape index (κ1) is 16.1. The molecule has 3 N–H and O–H groups in total. The molecule has 2 aromatic heterocycles. The molecule has 2 amide bonds. The number of nitrogens with zero attached hydrogens (tertiary/aromatic N) is 4. The van der Waals surface area contributed by atoms with Crippen LogP contribution in [0, 0.1) is 0 Å². The van der Waals surface area contributed by atoms with Gasteiger partial charge in [-0.3, -0.25) is 19.3 Å². The summed E-state index contributed by atoms with van der Waals surface area (Å²) >= 11 is 0. The van der Waals surface area contributed by atoms with Crippen LogP contribution in [0.15, 0.2) is 30.5 Å². The van der Waals surface area contributed by atoms with Crippen LogP contribution in [0.1, 0.15) is 28.8 Å². The third-order valence-corrected chi connectivity index (χ3v) is 3.89. The van der Waals surface area contributed by atoms with Crippen molar-refractivity contribution >= 4 is 11.8 Å². The van der Waals surface area contributed by atoms with Crippen LogP contribution < -0.4 is 11.1 Å². The van der Waals surface area contributed by atoms with Gasteiger partial charge in [-0.1, -0.05) is 6.07 Å². The number of aromatic nitrogens is 3. The number of fused-ring (bicyclic) bond motifs is 1. The molecule has 0 saturated carbocycles. The van der Waals surface area contributed by atoms with Crippen molar-refractivity contribution in [2.45, 2.75) is 32.6 Å². The van der Waals surface area contributed by atoms with Gasteiger partial charge >= 0.3 is 0 Å². The van der Waals surface area contributed by atoms with Crippen LogP contribution in [0.25, 0.3) is 0 Å². The van der Waals surface area contributed by atoms with Crippen LogP contribution in [0.2, 0.25) is 0 Å². The molecular formula is C16H20N6O2. The lowest BCUT2D eigenvalue weighted by Gasteiger charge is -2.28. The van der Waals surface area contributed by atoms with Crippen LogP contribution in [-0.2, 0) is 24.4 Å². The second-order valence-electron chi connectivity index (χ2n) is 5.80. The summed E-state index contributed by atoms with van der Waals surface area (Å²) in [7, 11) is 0. The number of nitrogens with two attached hydrogens (primary N) is 1. The van der Waals surface area contributed by atoms with E-state index in [1.807, 2.05) is 18.2 Å². The number of amides is 2. The molecule has 3 rings (SSSR count). The predicted octanol–water partition coefficient (Wildman–Crippen LogP) is -0.102. The molecule has 1 aliphatic heterocycles. The fourth-order valence-corrected chi connectivity index (χ4v) is 2.62. The van der Waals surface area contributed by atoms with Crippen LogP contribution in [0.5, 0.6) is 0 Å². The van der Waals surface area contributed by atoms with Crippen molar-refractivity contribution in [2.24, 2.45) is 5.73 Å². The summed E-state index contributed by atoms with van der Waals surface area (Å²) < 4.78 is 1.76. The fourth-order valence-electron chi connectivity index (χ4n) is 2.62. The minimum absolute atomic E-state index is 0.0939. The molecule has 1 unspecified atom stereocenters. The smallest absolute Gasteiger partial charge is 0.272 e. The number of carbonyl (C=O) groups is 2. The van der Waals surface area contributed by atoms with Crippen molar-refractivity contribution in [1.82, 2.24) is 25.0 Å². The molecule has 8 nitrogen and oxygen atoms in total. The number of carbonyl (C=O) groups excluding carboxylic acids is 2. The summed E-state index contributed by atoms with van der Waals surface area (Å²) in [6.07, 6.45) is 1.68. The molecule has 3 heterocycles. The molecule has 1 aliphatic rings. The molecule has 1 atom stereocenters.